The largest absolute Gasteiger partial charge is 0.457 e. The highest BCUT2D eigenvalue weighted by atomic mass is 32.3. The summed E-state index contributed by atoms with van der Waals surface area (Å²) in [6.45, 7) is 3.81. The number of aliphatic hydroxyl groups is 3. The number of allylic oxidation sites excluding steroid dienone is 12. The highest BCUT2D eigenvalue weighted by Crippen LogP contribution is 2.26. The highest BCUT2D eigenvalue weighted by Gasteiger charge is 2.48. The zero-order valence-electron chi connectivity index (χ0n) is 39.6. The lowest BCUT2D eigenvalue weighted by atomic mass is 9.99. The third kappa shape index (κ3) is 34.8. The lowest BCUT2D eigenvalue weighted by Crippen LogP contribution is -2.60. The molecular formula is C51H88O12S. The summed E-state index contributed by atoms with van der Waals surface area (Å²) in [4.78, 5) is 12.9. The van der Waals surface area contributed by atoms with Crippen LogP contribution in [-0.4, -0.2) is 97.5 Å². The molecular weight excluding hydrogens is 837 g/mol. The molecule has 1 aliphatic heterocycles. The number of hydrogen-bond donors (Lipinski definition) is 4. The van der Waals surface area contributed by atoms with Gasteiger partial charge in [0.15, 0.2) is 6.29 Å². The van der Waals surface area contributed by atoms with Gasteiger partial charge in [-0.05, 0) is 83.5 Å². The van der Waals surface area contributed by atoms with Crippen LogP contribution in [0, 0.1) is 0 Å². The Kier molecular flexibility index (Phi) is 39.0. The van der Waals surface area contributed by atoms with Gasteiger partial charge in [-0.15, -0.1) is 0 Å². The molecule has 12 nitrogen and oxygen atoms in total. The van der Waals surface area contributed by atoms with E-state index >= 15 is 0 Å². The standard InChI is InChI=1S/C51H88O12S/c1-3-5-7-9-11-13-15-17-19-21-22-23-24-25-26-28-30-32-34-36-38-40-47(53)61-45(44-60-51-49(55)50(63-64(56,57)58)48(54)46(42-52)62-51)43-59-41-39-37-35-33-31-29-27-20-18-16-14-12-10-8-6-4-2/h6,8,12,14-15,17-18,20-22,24-25,45-46,48-52,54-55H,3-5,7,9-11,13,16,19,23,26-44H2,1-2H3,(H,56,57,58)/b8-6-,14-12-,17-15-,20-18-,22-21-,25-24-. The maximum atomic E-state index is 12.9. The Morgan fingerprint density at radius 3 is 1.58 bits per heavy atom. The Hall–Kier alpha value is -2.46. The molecule has 0 bridgehead atoms. The number of hydrogen-bond acceptors (Lipinski definition) is 11. The van der Waals surface area contributed by atoms with Crippen LogP contribution in [0.4, 0.5) is 0 Å². The number of unbranched alkanes of at least 4 members (excludes halogenated alkanes) is 17. The van der Waals surface area contributed by atoms with E-state index in [1.165, 1.54) is 44.9 Å². The molecule has 1 heterocycles. The van der Waals surface area contributed by atoms with Crippen molar-refractivity contribution in [2.45, 2.75) is 218 Å². The number of esters is 1. The first-order chi connectivity index (χ1) is 31.1. The first kappa shape index (κ1) is 59.6. The molecule has 6 atom stereocenters. The van der Waals surface area contributed by atoms with Crippen molar-refractivity contribution in [3.05, 3.63) is 72.9 Å². The van der Waals surface area contributed by atoms with Gasteiger partial charge in [-0.3, -0.25) is 9.35 Å². The Balaban J connectivity index is 2.41. The molecule has 0 aliphatic carbocycles. The molecule has 0 amide bonds. The third-order valence-corrected chi connectivity index (χ3v) is 11.3. The fourth-order valence-electron chi connectivity index (χ4n) is 7.10. The molecule has 1 rings (SSSR count). The van der Waals surface area contributed by atoms with Gasteiger partial charge in [0.2, 0.25) is 0 Å². The molecule has 64 heavy (non-hydrogen) atoms. The van der Waals surface area contributed by atoms with Crippen LogP contribution < -0.4 is 0 Å². The lowest BCUT2D eigenvalue weighted by Gasteiger charge is -2.41. The third-order valence-electron chi connectivity index (χ3n) is 10.8. The van der Waals surface area contributed by atoms with Crippen molar-refractivity contribution in [1.82, 2.24) is 0 Å². The van der Waals surface area contributed by atoms with Gasteiger partial charge in [-0.1, -0.05) is 164 Å². The molecule has 0 saturated carbocycles. The average molecular weight is 925 g/mol. The van der Waals surface area contributed by atoms with Gasteiger partial charge in [0, 0.05) is 13.0 Å². The van der Waals surface area contributed by atoms with Crippen LogP contribution in [0.5, 0.6) is 0 Å². The summed E-state index contributed by atoms with van der Waals surface area (Å²) < 4.78 is 59.2. The van der Waals surface area contributed by atoms with Gasteiger partial charge in [0.1, 0.15) is 30.5 Å². The normalized spacial score (nSPS) is 20.4. The first-order valence-electron chi connectivity index (χ1n) is 24.7. The molecule has 0 spiro atoms. The van der Waals surface area contributed by atoms with Crippen molar-refractivity contribution in [1.29, 1.82) is 0 Å². The second-order valence-corrected chi connectivity index (χ2v) is 17.7. The van der Waals surface area contributed by atoms with E-state index in [9.17, 15) is 33.1 Å². The van der Waals surface area contributed by atoms with Crippen molar-refractivity contribution in [2.75, 3.05) is 26.4 Å². The van der Waals surface area contributed by atoms with Gasteiger partial charge < -0.3 is 34.3 Å². The Morgan fingerprint density at radius 2 is 1.08 bits per heavy atom. The molecule has 1 saturated heterocycles. The second-order valence-electron chi connectivity index (χ2n) is 16.7. The number of aliphatic hydroxyl groups excluding tert-OH is 3. The van der Waals surface area contributed by atoms with Gasteiger partial charge in [-0.25, -0.2) is 4.18 Å². The molecule has 370 valence electrons. The Bertz CT molecular complexity index is 1390. The Morgan fingerprint density at radius 1 is 0.609 bits per heavy atom. The monoisotopic (exact) mass is 925 g/mol. The maximum Gasteiger partial charge on any atom is 0.397 e. The average Bonchev–Trinajstić information content (AvgIpc) is 3.27. The van der Waals surface area contributed by atoms with Crippen molar-refractivity contribution < 1.29 is 56.2 Å². The molecule has 0 aromatic rings. The zero-order valence-corrected chi connectivity index (χ0v) is 40.4. The van der Waals surface area contributed by atoms with Crippen LogP contribution in [0.15, 0.2) is 72.9 Å². The number of ether oxygens (including phenoxy) is 4. The van der Waals surface area contributed by atoms with E-state index in [4.69, 9.17) is 18.9 Å². The number of rotatable bonds is 42. The van der Waals surface area contributed by atoms with Crippen LogP contribution in [-0.2, 0) is 38.3 Å². The maximum absolute atomic E-state index is 12.9. The van der Waals surface area contributed by atoms with Gasteiger partial charge >= 0.3 is 16.4 Å². The summed E-state index contributed by atoms with van der Waals surface area (Å²) in [5.74, 6) is -0.419. The van der Waals surface area contributed by atoms with E-state index in [1.54, 1.807) is 0 Å². The van der Waals surface area contributed by atoms with Gasteiger partial charge in [-0.2, -0.15) is 8.42 Å². The molecule has 1 aliphatic rings. The molecule has 1 fully saturated rings. The quantitative estimate of drug-likeness (QED) is 0.0197. The summed E-state index contributed by atoms with van der Waals surface area (Å²) in [7, 11) is -5.07. The van der Waals surface area contributed by atoms with E-state index in [0.717, 1.165) is 109 Å². The minimum Gasteiger partial charge on any atom is -0.457 e. The van der Waals surface area contributed by atoms with Crippen LogP contribution in [0.3, 0.4) is 0 Å². The fraction of sp³-hybridized carbons (Fsp3) is 0.745. The molecule has 0 aromatic carbocycles. The molecule has 13 heteroatoms. The van der Waals surface area contributed by atoms with Crippen LogP contribution >= 0.6 is 0 Å². The minimum absolute atomic E-state index is 0.0178. The van der Waals surface area contributed by atoms with E-state index < -0.39 is 59.8 Å². The van der Waals surface area contributed by atoms with Crippen LogP contribution in [0.25, 0.3) is 0 Å². The summed E-state index contributed by atoms with van der Waals surface area (Å²) >= 11 is 0. The van der Waals surface area contributed by atoms with E-state index in [1.807, 2.05) is 0 Å². The zero-order chi connectivity index (χ0) is 46.8. The van der Waals surface area contributed by atoms with E-state index in [2.05, 4.69) is 90.9 Å². The second kappa shape index (κ2) is 41.9. The SMILES string of the molecule is CC/C=C\C/C=C\C/C=C\CCCCCCCCOCC(COC1OC(CO)C(O)C(OS(=O)(=O)O)C1O)OC(=O)CCCCCCCC/C=C\C/C=C\C/C=C\CCCCCCC. The topological polar surface area (TPSA) is 178 Å². The van der Waals surface area contributed by atoms with Crippen LogP contribution in [0.1, 0.15) is 181 Å². The molecule has 0 aromatic heterocycles. The van der Waals surface area contributed by atoms with E-state index in [-0.39, 0.29) is 19.6 Å². The lowest BCUT2D eigenvalue weighted by molar-refractivity contribution is -0.301. The number of carbonyl (C=O) groups is 1. The van der Waals surface area contributed by atoms with Crippen molar-refractivity contribution in [3.8, 4) is 0 Å². The summed E-state index contributed by atoms with van der Waals surface area (Å²) in [5.41, 5.74) is 0. The summed E-state index contributed by atoms with van der Waals surface area (Å²) in [6, 6.07) is 0. The van der Waals surface area contributed by atoms with Crippen molar-refractivity contribution in [2.24, 2.45) is 0 Å². The predicted octanol–water partition coefficient (Wildman–Crippen LogP) is 11.1. The predicted molar refractivity (Wildman–Crippen MR) is 257 cm³/mol. The molecule has 6 unspecified atom stereocenters. The smallest absolute Gasteiger partial charge is 0.397 e. The van der Waals surface area contributed by atoms with Gasteiger partial charge in [0.05, 0.1) is 19.8 Å². The van der Waals surface area contributed by atoms with E-state index in [0.29, 0.717) is 13.0 Å². The summed E-state index contributed by atoms with van der Waals surface area (Å²) in [6.07, 6.45) is 45.0. The van der Waals surface area contributed by atoms with Crippen LogP contribution in [0.2, 0.25) is 0 Å². The summed E-state index contributed by atoms with van der Waals surface area (Å²) in [5, 5.41) is 30.7. The minimum atomic E-state index is -5.07. The van der Waals surface area contributed by atoms with Crippen molar-refractivity contribution >= 4 is 16.4 Å². The Labute approximate surface area is 388 Å². The molecule has 0 radical (unpaired) electrons. The van der Waals surface area contributed by atoms with Gasteiger partial charge in [0.25, 0.3) is 0 Å². The number of carbonyl (C=O) groups excluding carboxylic acids is 1. The fourth-order valence-corrected chi connectivity index (χ4v) is 7.61. The first-order valence-corrected chi connectivity index (χ1v) is 26.1. The highest BCUT2D eigenvalue weighted by molar-refractivity contribution is 7.80. The molecule has 4 N–H and O–H groups in total. The van der Waals surface area contributed by atoms with Crippen molar-refractivity contribution in [3.63, 3.8) is 0 Å².